The molecule has 0 unspecified atom stereocenters. The number of rotatable bonds is 5. The summed E-state index contributed by atoms with van der Waals surface area (Å²) in [5.41, 5.74) is 1.79. The number of hydrogen-bond acceptors (Lipinski definition) is 5. The van der Waals surface area contributed by atoms with Gasteiger partial charge in [-0.25, -0.2) is 4.79 Å². The van der Waals surface area contributed by atoms with E-state index in [1.165, 1.54) is 24.5 Å². The number of thiophene rings is 1. The molecule has 138 valence electrons. The molecule has 0 spiro atoms. The van der Waals surface area contributed by atoms with Crippen molar-refractivity contribution in [2.75, 3.05) is 17.7 Å². The quantitative estimate of drug-likeness (QED) is 0.574. The number of hydrogen-bond donors (Lipinski definition) is 2. The largest absolute Gasteiger partial charge is 0.465 e. The lowest BCUT2D eigenvalue weighted by Gasteiger charge is -2.14. The molecule has 0 fully saturated rings. The molecule has 26 heavy (non-hydrogen) atoms. The van der Waals surface area contributed by atoms with Crippen molar-refractivity contribution in [3.8, 4) is 5.75 Å². The molecular weight excluding hydrogens is 382 g/mol. The maximum absolute atomic E-state index is 12.5. The SMILES string of the molecule is COC(=O)c1c(NC(=S)Nc2ccccc2OC(F)F)sc2c1CCC2. The van der Waals surface area contributed by atoms with Gasteiger partial charge in [0.1, 0.15) is 10.8 Å². The predicted molar refractivity (Wildman–Crippen MR) is 101 cm³/mol. The Bertz CT molecular complexity index is 839. The second kappa shape index (κ2) is 7.96. The van der Waals surface area contributed by atoms with Crippen molar-refractivity contribution < 1.29 is 23.0 Å². The molecule has 2 N–H and O–H groups in total. The molecule has 1 aliphatic rings. The Hall–Kier alpha value is -2.26. The molecule has 5 nitrogen and oxygen atoms in total. The van der Waals surface area contributed by atoms with Crippen LogP contribution in [0.5, 0.6) is 5.75 Å². The smallest absolute Gasteiger partial charge is 0.387 e. The summed E-state index contributed by atoms with van der Waals surface area (Å²) in [5, 5.41) is 6.57. The maximum Gasteiger partial charge on any atom is 0.387 e. The van der Waals surface area contributed by atoms with E-state index in [9.17, 15) is 13.6 Å². The first-order chi connectivity index (χ1) is 12.5. The van der Waals surface area contributed by atoms with Crippen LogP contribution in [0.3, 0.4) is 0 Å². The van der Waals surface area contributed by atoms with Crippen molar-refractivity contribution in [2.45, 2.75) is 25.9 Å². The number of methoxy groups -OCH3 is 1. The summed E-state index contributed by atoms with van der Waals surface area (Å²) in [7, 11) is 1.33. The zero-order valence-corrected chi connectivity index (χ0v) is 15.4. The van der Waals surface area contributed by atoms with Gasteiger partial charge in [-0.3, -0.25) is 0 Å². The molecular formula is C17H16F2N2O3S2. The number of aryl methyl sites for hydroxylation is 1. The molecule has 0 aliphatic heterocycles. The molecule has 2 aromatic rings. The molecule has 0 amide bonds. The van der Waals surface area contributed by atoms with E-state index in [0.717, 1.165) is 29.7 Å². The summed E-state index contributed by atoms with van der Waals surface area (Å²) in [6.07, 6.45) is 2.74. The summed E-state index contributed by atoms with van der Waals surface area (Å²) >= 11 is 6.73. The van der Waals surface area contributed by atoms with Gasteiger partial charge in [0.15, 0.2) is 5.11 Å². The number of halogens is 2. The van der Waals surface area contributed by atoms with E-state index in [2.05, 4.69) is 15.4 Å². The zero-order chi connectivity index (χ0) is 18.7. The first-order valence-corrected chi connectivity index (χ1v) is 9.06. The summed E-state index contributed by atoms with van der Waals surface area (Å²) in [6.45, 7) is -2.94. The molecule has 0 radical (unpaired) electrons. The lowest BCUT2D eigenvalue weighted by molar-refractivity contribution is -0.0493. The number of benzene rings is 1. The van der Waals surface area contributed by atoms with Crippen molar-refractivity contribution in [1.82, 2.24) is 0 Å². The van der Waals surface area contributed by atoms with E-state index in [1.807, 2.05) is 0 Å². The maximum atomic E-state index is 12.5. The highest BCUT2D eigenvalue weighted by Crippen LogP contribution is 2.39. The number of esters is 1. The average molecular weight is 398 g/mol. The third-order valence-corrected chi connectivity index (χ3v) is 5.30. The van der Waals surface area contributed by atoms with Crippen LogP contribution in [0, 0.1) is 0 Å². The van der Waals surface area contributed by atoms with Gasteiger partial charge in [0.2, 0.25) is 0 Å². The summed E-state index contributed by atoms with van der Waals surface area (Å²) in [6, 6.07) is 6.24. The minimum atomic E-state index is -2.94. The van der Waals surface area contributed by atoms with E-state index in [1.54, 1.807) is 18.2 Å². The van der Waals surface area contributed by atoms with E-state index < -0.39 is 12.6 Å². The van der Waals surface area contributed by atoms with Gasteiger partial charge in [0.25, 0.3) is 0 Å². The highest BCUT2D eigenvalue weighted by atomic mass is 32.1. The van der Waals surface area contributed by atoms with E-state index in [4.69, 9.17) is 17.0 Å². The Morgan fingerprint density at radius 2 is 2.04 bits per heavy atom. The molecule has 0 atom stereocenters. The number of carbonyl (C=O) groups excluding carboxylic acids is 1. The van der Waals surface area contributed by atoms with Crippen LogP contribution in [-0.2, 0) is 17.6 Å². The van der Waals surface area contributed by atoms with Crippen LogP contribution in [0.2, 0.25) is 0 Å². The molecule has 9 heteroatoms. The Kier molecular flexibility index (Phi) is 5.67. The fraction of sp³-hybridized carbons (Fsp3) is 0.294. The molecule has 0 saturated heterocycles. The molecule has 3 rings (SSSR count). The van der Waals surface area contributed by atoms with Crippen LogP contribution in [0.1, 0.15) is 27.2 Å². The van der Waals surface area contributed by atoms with Crippen molar-refractivity contribution in [2.24, 2.45) is 0 Å². The van der Waals surface area contributed by atoms with Crippen LogP contribution < -0.4 is 15.4 Å². The van der Waals surface area contributed by atoms with Gasteiger partial charge in [-0.1, -0.05) is 12.1 Å². The van der Waals surface area contributed by atoms with Crippen molar-refractivity contribution in [3.63, 3.8) is 0 Å². The molecule has 1 aromatic carbocycles. The number of carbonyl (C=O) groups is 1. The summed E-state index contributed by atoms with van der Waals surface area (Å²) in [5.74, 6) is -0.440. The number of anilines is 2. The van der Waals surface area contributed by atoms with Gasteiger partial charge in [-0.05, 0) is 49.2 Å². The van der Waals surface area contributed by atoms with Gasteiger partial charge in [-0.2, -0.15) is 8.78 Å². The molecule has 0 saturated carbocycles. The minimum absolute atomic E-state index is 0.0199. The second-order valence-corrected chi connectivity index (χ2v) is 7.02. The van der Waals surface area contributed by atoms with Gasteiger partial charge < -0.3 is 20.1 Å². The second-order valence-electron chi connectivity index (χ2n) is 5.51. The van der Waals surface area contributed by atoms with Crippen LogP contribution >= 0.6 is 23.6 Å². The van der Waals surface area contributed by atoms with Crippen LogP contribution in [0.25, 0.3) is 0 Å². The number of thiocarbonyl (C=S) groups is 1. The minimum Gasteiger partial charge on any atom is -0.465 e. The lowest BCUT2D eigenvalue weighted by Crippen LogP contribution is -2.21. The highest BCUT2D eigenvalue weighted by Gasteiger charge is 2.27. The Balaban J connectivity index is 1.79. The van der Waals surface area contributed by atoms with E-state index in [0.29, 0.717) is 16.3 Å². The van der Waals surface area contributed by atoms with Crippen molar-refractivity contribution in [1.29, 1.82) is 0 Å². The van der Waals surface area contributed by atoms with Crippen molar-refractivity contribution >= 4 is 45.3 Å². The summed E-state index contributed by atoms with van der Waals surface area (Å²) < 4.78 is 34.4. The Morgan fingerprint density at radius 3 is 2.77 bits per heavy atom. The third kappa shape index (κ3) is 3.94. The normalized spacial score (nSPS) is 12.6. The predicted octanol–water partition coefficient (Wildman–Crippen LogP) is 4.43. The first-order valence-electron chi connectivity index (χ1n) is 7.84. The Labute approximate surface area is 158 Å². The number of para-hydroxylation sites is 2. The van der Waals surface area contributed by atoms with Crippen LogP contribution in [-0.4, -0.2) is 24.8 Å². The van der Waals surface area contributed by atoms with Gasteiger partial charge in [0, 0.05) is 4.88 Å². The van der Waals surface area contributed by atoms with E-state index in [-0.39, 0.29) is 10.9 Å². The zero-order valence-electron chi connectivity index (χ0n) is 13.8. The molecule has 0 bridgehead atoms. The third-order valence-electron chi connectivity index (χ3n) is 3.89. The topological polar surface area (TPSA) is 59.6 Å². The standard InChI is InChI=1S/C17H16F2N2O3S2/c1-23-15(22)13-9-5-4-8-12(9)26-14(13)21-17(25)20-10-6-2-3-7-11(10)24-16(18)19/h2-3,6-7,16H,4-5,8H2,1H3,(H2,20,21,25). The van der Waals surface area contributed by atoms with Crippen LogP contribution in [0.15, 0.2) is 24.3 Å². The number of alkyl halides is 2. The van der Waals surface area contributed by atoms with Gasteiger partial charge in [-0.15, -0.1) is 11.3 Å². The fourth-order valence-electron chi connectivity index (χ4n) is 2.84. The first kappa shape index (κ1) is 18.5. The Morgan fingerprint density at radius 1 is 1.27 bits per heavy atom. The fourth-order valence-corrected chi connectivity index (χ4v) is 4.39. The van der Waals surface area contributed by atoms with Crippen molar-refractivity contribution in [3.05, 3.63) is 40.3 Å². The van der Waals surface area contributed by atoms with Crippen LogP contribution in [0.4, 0.5) is 19.5 Å². The number of nitrogens with one attached hydrogen (secondary N) is 2. The number of ether oxygens (including phenoxy) is 2. The average Bonchev–Trinajstić information content (AvgIpc) is 3.16. The van der Waals surface area contributed by atoms with Gasteiger partial charge >= 0.3 is 12.6 Å². The molecule has 1 aliphatic carbocycles. The molecule has 1 heterocycles. The monoisotopic (exact) mass is 398 g/mol. The van der Waals surface area contributed by atoms with E-state index >= 15 is 0 Å². The summed E-state index contributed by atoms with van der Waals surface area (Å²) in [4.78, 5) is 13.3. The highest BCUT2D eigenvalue weighted by molar-refractivity contribution is 7.80. The number of fused-ring (bicyclic) bond motifs is 1. The molecule has 1 aromatic heterocycles. The van der Waals surface area contributed by atoms with Gasteiger partial charge in [0.05, 0.1) is 18.4 Å². The lowest BCUT2D eigenvalue weighted by atomic mass is 10.1.